The van der Waals surface area contributed by atoms with Crippen LogP contribution in [0.25, 0.3) is 0 Å². The van der Waals surface area contributed by atoms with Crippen LogP contribution in [-0.2, 0) is 6.54 Å². The molecule has 32 heavy (non-hydrogen) atoms. The van der Waals surface area contributed by atoms with Crippen LogP contribution < -0.4 is 4.74 Å². The van der Waals surface area contributed by atoms with Crippen LogP contribution in [0.3, 0.4) is 0 Å². The first-order valence-electron chi connectivity index (χ1n) is 10.5. The fourth-order valence-corrected chi connectivity index (χ4v) is 3.69. The van der Waals surface area contributed by atoms with Crippen molar-refractivity contribution in [2.75, 3.05) is 33.3 Å². The lowest BCUT2D eigenvalue weighted by Gasteiger charge is -2.34. The summed E-state index contributed by atoms with van der Waals surface area (Å²) in [6.07, 6.45) is 1.69. The second-order valence-corrected chi connectivity index (χ2v) is 7.58. The van der Waals surface area contributed by atoms with Gasteiger partial charge in [0.2, 0.25) is 0 Å². The quantitative estimate of drug-likeness (QED) is 0.595. The Balaban J connectivity index is 1.43. The maximum Gasteiger partial charge on any atom is 0.253 e. The summed E-state index contributed by atoms with van der Waals surface area (Å²) < 4.78 is 18.8. The van der Waals surface area contributed by atoms with Gasteiger partial charge in [-0.25, -0.2) is 9.37 Å². The molecule has 1 fully saturated rings. The molecule has 3 aromatic rings. The van der Waals surface area contributed by atoms with Crippen LogP contribution in [0.2, 0.25) is 0 Å². The van der Waals surface area contributed by atoms with Crippen LogP contribution in [-0.4, -0.2) is 54.0 Å². The molecule has 0 atom stereocenters. The minimum absolute atomic E-state index is 0.0288. The molecular weight excluding hydrogens is 405 g/mol. The van der Waals surface area contributed by atoms with Gasteiger partial charge < -0.3 is 9.64 Å². The van der Waals surface area contributed by atoms with E-state index in [1.165, 1.54) is 6.07 Å². The minimum atomic E-state index is -0.224. The van der Waals surface area contributed by atoms with Gasteiger partial charge in [-0.1, -0.05) is 24.1 Å². The average Bonchev–Trinajstić information content (AvgIpc) is 2.83. The maximum absolute atomic E-state index is 13.4. The molecule has 4 rings (SSSR count). The highest BCUT2D eigenvalue weighted by Gasteiger charge is 2.23. The molecule has 0 bridgehead atoms. The number of nitrogens with zero attached hydrogens (tertiary/aromatic N) is 3. The molecular formula is C26H24FN3O2. The molecule has 1 amide bonds. The Kier molecular flexibility index (Phi) is 6.78. The van der Waals surface area contributed by atoms with E-state index in [4.69, 9.17) is 4.74 Å². The highest BCUT2D eigenvalue weighted by atomic mass is 19.1. The van der Waals surface area contributed by atoms with Gasteiger partial charge in [0.1, 0.15) is 17.3 Å². The normalized spacial score (nSPS) is 13.9. The average molecular weight is 429 g/mol. The number of pyridine rings is 1. The van der Waals surface area contributed by atoms with E-state index < -0.39 is 0 Å². The summed E-state index contributed by atoms with van der Waals surface area (Å²) in [6, 6.07) is 17.5. The molecule has 1 aliphatic heterocycles. The Morgan fingerprint density at radius 2 is 1.88 bits per heavy atom. The third-order valence-electron chi connectivity index (χ3n) is 5.39. The highest BCUT2D eigenvalue weighted by molar-refractivity contribution is 5.95. The van der Waals surface area contributed by atoms with Crippen molar-refractivity contribution in [2.45, 2.75) is 6.54 Å². The first-order chi connectivity index (χ1) is 15.6. The summed E-state index contributed by atoms with van der Waals surface area (Å²) >= 11 is 0. The zero-order valence-electron chi connectivity index (χ0n) is 17.9. The number of rotatable bonds is 4. The van der Waals surface area contributed by atoms with Gasteiger partial charge in [-0.15, -0.1) is 0 Å². The Bertz CT molecular complexity index is 1150. The van der Waals surface area contributed by atoms with E-state index in [-0.39, 0.29) is 11.7 Å². The summed E-state index contributed by atoms with van der Waals surface area (Å²) in [5.41, 5.74) is 2.82. The summed E-state index contributed by atoms with van der Waals surface area (Å²) in [5.74, 6) is 6.45. The molecule has 162 valence electrons. The molecule has 0 radical (unpaired) electrons. The number of hydrogen-bond acceptors (Lipinski definition) is 4. The number of amides is 1. The Morgan fingerprint density at radius 3 is 2.59 bits per heavy atom. The van der Waals surface area contributed by atoms with E-state index in [1.807, 2.05) is 29.2 Å². The van der Waals surface area contributed by atoms with Crippen LogP contribution in [0, 0.1) is 17.7 Å². The van der Waals surface area contributed by atoms with E-state index >= 15 is 0 Å². The Morgan fingerprint density at radius 1 is 1.03 bits per heavy atom. The van der Waals surface area contributed by atoms with Crippen molar-refractivity contribution in [3.63, 3.8) is 0 Å². The van der Waals surface area contributed by atoms with Gasteiger partial charge in [0.25, 0.3) is 5.91 Å². The van der Waals surface area contributed by atoms with E-state index in [1.54, 1.807) is 43.6 Å². The van der Waals surface area contributed by atoms with Crippen LogP contribution in [0.4, 0.5) is 4.39 Å². The van der Waals surface area contributed by atoms with Gasteiger partial charge in [-0.3, -0.25) is 9.69 Å². The fourth-order valence-electron chi connectivity index (χ4n) is 3.69. The molecule has 2 aromatic carbocycles. The lowest BCUT2D eigenvalue weighted by molar-refractivity contribution is 0.0628. The number of ether oxygens (including phenoxy) is 1. The lowest BCUT2D eigenvalue weighted by Crippen LogP contribution is -2.48. The Hall–Kier alpha value is -3.69. The molecule has 5 nitrogen and oxygen atoms in total. The van der Waals surface area contributed by atoms with Crippen LogP contribution >= 0.6 is 0 Å². The zero-order valence-corrected chi connectivity index (χ0v) is 17.9. The van der Waals surface area contributed by atoms with E-state index in [2.05, 4.69) is 21.7 Å². The zero-order chi connectivity index (χ0) is 22.3. The lowest BCUT2D eigenvalue weighted by atomic mass is 10.1. The van der Waals surface area contributed by atoms with Crippen molar-refractivity contribution >= 4 is 5.91 Å². The molecule has 0 aliphatic carbocycles. The minimum Gasteiger partial charge on any atom is -0.495 e. The van der Waals surface area contributed by atoms with Gasteiger partial charge in [-0.2, -0.15) is 0 Å². The standard InChI is InChI=1S/C26H24FN3O2/c1-32-25-11-9-22(18-21(25)8-10-24-7-2-3-12-28-24)26(31)30-15-13-29(14-16-30)19-20-5-4-6-23(27)17-20/h2-7,9,11-12,17-18H,13-16,19H2,1H3. The summed E-state index contributed by atoms with van der Waals surface area (Å²) in [4.78, 5) is 21.4. The largest absolute Gasteiger partial charge is 0.495 e. The van der Waals surface area contributed by atoms with E-state index in [9.17, 15) is 9.18 Å². The van der Waals surface area contributed by atoms with Gasteiger partial charge in [0.15, 0.2) is 0 Å². The van der Waals surface area contributed by atoms with E-state index in [0.717, 1.165) is 18.7 Å². The molecule has 0 unspecified atom stereocenters. The third-order valence-corrected chi connectivity index (χ3v) is 5.39. The molecule has 0 saturated carbocycles. The predicted molar refractivity (Wildman–Crippen MR) is 121 cm³/mol. The number of methoxy groups -OCH3 is 1. The first kappa shape index (κ1) is 21.5. The summed E-state index contributed by atoms with van der Waals surface area (Å²) in [5, 5.41) is 0. The van der Waals surface area contributed by atoms with Crippen molar-refractivity contribution in [1.82, 2.24) is 14.8 Å². The van der Waals surface area contributed by atoms with Gasteiger partial charge in [0, 0.05) is 44.5 Å². The van der Waals surface area contributed by atoms with Crippen LogP contribution in [0.15, 0.2) is 66.9 Å². The van der Waals surface area contributed by atoms with E-state index in [0.29, 0.717) is 42.2 Å². The van der Waals surface area contributed by atoms with Gasteiger partial charge in [0.05, 0.1) is 12.7 Å². The highest BCUT2D eigenvalue weighted by Crippen LogP contribution is 2.21. The number of piperazine rings is 1. The van der Waals surface area contributed by atoms with Gasteiger partial charge in [-0.05, 0) is 53.9 Å². The van der Waals surface area contributed by atoms with Crippen molar-refractivity contribution in [3.8, 4) is 17.6 Å². The van der Waals surface area contributed by atoms with Gasteiger partial charge >= 0.3 is 0 Å². The molecule has 6 heteroatoms. The second-order valence-electron chi connectivity index (χ2n) is 7.58. The van der Waals surface area contributed by atoms with Crippen molar-refractivity contribution in [2.24, 2.45) is 0 Å². The SMILES string of the molecule is COc1ccc(C(=O)N2CCN(Cc3cccc(F)c3)CC2)cc1C#Cc1ccccn1. The molecule has 1 aromatic heterocycles. The van der Waals surface area contributed by atoms with Crippen molar-refractivity contribution in [1.29, 1.82) is 0 Å². The first-order valence-corrected chi connectivity index (χ1v) is 10.5. The number of halogens is 1. The monoisotopic (exact) mass is 429 g/mol. The second kappa shape index (κ2) is 10.1. The number of carbonyl (C=O) groups excluding carboxylic acids is 1. The number of hydrogen-bond donors (Lipinski definition) is 0. The predicted octanol–water partition coefficient (Wildman–Crippen LogP) is 3.59. The summed E-state index contributed by atoms with van der Waals surface area (Å²) in [7, 11) is 1.58. The molecule has 0 spiro atoms. The number of aromatic nitrogens is 1. The molecule has 1 aliphatic rings. The van der Waals surface area contributed by atoms with Crippen LogP contribution in [0.5, 0.6) is 5.75 Å². The molecule has 1 saturated heterocycles. The van der Waals surface area contributed by atoms with Crippen molar-refractivity contribution in [3.05, 3.63) is 95.1 Å². The number of benzene rings is 2. The summed E-state index contributed by atoms with van der Waals surface area (Å²) in [6.45, 7) is 3.40. The fraction of sp³-hybridized carbons (Fsp3) is 0.231. The van der Waals surface area contributed by atoms with Crippen LogP contribution in [0.1, 0.15) is 27.2 Å². The Labute approximate surface area is 187 Å². The third kappa shape index (κ3) is 5.32. The molecule has 0 N–H and O–H groups in total. The smallest absolute Gasteiger partial charge is 0.253 e. The number of carbonyl (C=O) groups is 1. The van der Waals surface area contributed by atoms with Crippen molar-refractivity contribution < 1.29 is 13.9 Å². The maximum atomic E-state index is 13.4. The topological polar surface area (TPSA) is 45.7 Å². The molecule has 2 heterocycles.